The SMILES string of the molecule is CCOC1CC(NCc2c(Cl)cccc2[N+](=O)[O-])C1. The van der Waals surface area contributed by atoms with Crippen LogP contribution in [0.4, 0.5) is 5.69 Å². The summed E-state index contributed by atoms with van der Waals surface area (Å²) in [5, 5.41) is 14.7. The Morgan fingerprint density at radius 1 is 1.53 bits per heavy atom. The van der Waals surface area contributed by atoms with Crippen LogP contribution in [-0.4, -0.2) is 23.7 Å². The fourth-order valence-corrected chi connectivity index (χ4v) is 2.48. The number of ether oxygens (including phenoxy) is 1. The molecular formula is C13H17ClN2O3. The highest BCUT2D eigenvalue weighted by atomic mass is 35.5. The normalized spacial score (nSPS) is 22.0. The van der Waals surface area contributed by atoms with Gasteiger partial charge in [0.25, 0.3) is 5.69 Å². The van der Waals surface area contributed by atoms with Crippen LogP contribution in [0.25, 0.3) is 0 Å². The maximum Gasteiger partial charge on any atom is 0.275 e. The van der Waals surface area contributed by atoms with E-state index in [9.17, 15) is 10.1 Å². The molecule has 1 aliphatic rings. The van der Waals surface area contributed by atoms with Gasteiger partial charge in [-0.15, -0.1) is 0 Å². The second kappa shape index (κ2) is 6.32. The second-order valence-electron chi connectivity index (χ2n) is 4.62. The molecule has 5 nitrogen and oxygen atoms in total. The predicted molar refractivity (Wildman–Crippen MR) is 73.4 cm³/mol. The lowest BCUT2D eigenvalue weighted by molar-refractivity contribution is -0.385. The molecule has 1 fully saturated rings. The molecular weight excluding hydrogens is 268 g/mol. The van der Waals surface area contributed by atoms with Gasteiger partial charge in [-0.1, -0.05) is 17.7 Å². The summed E-state index contributed by atoms with van der Waals surface area (Å²) in [6.45, 7) is 3.13. The minimum atomic E-state index is -0.396. The van der Waals surface area contributed by atoms with Gasteiger partial charge in [-0.05, 0) is 25.8 Å². The quantitative estimate of drug-likeness (QED) is 0.644. The summed E-state index contributed by atoms with van der Waals surface area (Å²) < 4.78 is 5.47. The lowest BCUT2D eigenvalue weighted by Crippen LogP contribution is -2.45. The van der Waals surface area contributed by atoms with Crippen molar-refractivity contribution in [1.82, 2.24) is 5.32 Å². The zero-order valence-electron chi connectivity index (χ0n) is 10.8. The molecule has 104 valence electrons. The van der Waals surface area contributed by atoms with Crippen LogP contribution in [0.3, 0.4) is 0 Å². The number of hydrogen-bond acceptors (Lipinski definition) is 4. The number of halogens is 1. The van der Waals surface area contributed by atoms with E-state index < -0.39 is 4.92 Å². The van der Waals surface area contributed by atoms with Gasteiger partial charge >= 0.3 is 0 Å². The molecule has 0 atom stereocenters. The minimum Gasteiger partial charge on any atom is -0.378 e. The number of benzene rings is 1. The van der Waals surface area contributed by atoms with Crippen LogP contribution < -0.4 is 5.32 Å². The topological polar surface area (TPSA) is 64.4 Å². The number of rotatable bonds is 6. The molecule has 0 aliphatic heterocycles. The fourth-order valence-electron chi connectivity index (χ4n) is 2.24. The Labute approximate surface area is 117 Å². The molecule has 0 aromatic heterocycles. The van der Waals surface area contributed by atoms with E-state index in [0.717, 1.165) is 19.4 Å². The molecule has 1 aromatic rings. The van der Waals surface area contributed by atoms with Gasteiger partial charge in [0, 0.05) is 25.3 Å². The number of nitro benzene ring substituents is 1. The van der Waals surface area contributed by atoms with E-state index in [-0.39, 0.29) is 5.69 Å². The Morgan fingerprint density at radius 3 is 2.89 bits per heavy atom. The molecule has 1 aliphatic carbocycles. The monoisotopic (exact) mass is 284 g/mol. The van der Waals surface area contributed by atoms with Gasteiger partial charge in [0.05, 0.1) is 21.6 Å². The first-order chi connectivity index (χ1) is 9.11. The molecule has 1 N–H and O–H groups in total. The van der Waals surface area contributed by atoms with Crippen LogP contribution in [0, 0.1) is 10.1 Å². The van der Waals surface area contributed by atoms with Crippen molar-refractivity contribution < 1.29 is 9.66 Å². The zero-order valence-corrected chi connectivity index (χ0v) is 11.5. The van der Waals surface area contributed by atoms with Gasteiger partial charge in [-0.2, -0.15) is 0 Å². The maximum atomic E-state index is 10.9. The van der Waals surface area contributed by atoms with Crippen molar-refractivity contribution >= 4 is 17.3 Å². The van der Waals surface area contributed by atoms with E-state index in [1.54, 1.807) is 12.1 Å². The van der Waals surface area contributed by atoms with Crippen molar-refractivity contribution in [3.8, 4) is 0 Å². The molecule has 1 aromatic carbocycles. The van der Waals surface area contributed by atoms with Crippen LogP contribution in [0.5, 0.6) is 0 Å². The maximum absolute atomic E-state index is 10.9. The molecule has 0 saturated heterocycles. The Morgan fingerprint density at radius 2 is 2.26 bits per heavy atom. The summed E-state index contributed by atoms with van der Waals surface area (Å²) >= 11 is 6.03. The standard InChI is InChI=1S/C13H17ClN2O3/c1-2-19-10-6-9(7-10)15-8-11-12(14)4-3-5-13(11)16(17)18/h3-5,9-10,15H,2,6-8H2,1H3. The van der Waals surface area contributed by atoms with Gasteiger partial charge in [-0.3, -0.25) is 10.1 Å². The van der Waals surface area contributed by atoms with Crippen LogP contribution in [-0.2, 0) is 11.3 Å². The third-order valence-corrected chi connectivity index (χ3v) is 3.71. The zero-order chi connectivity index (χ0) is 13.8. The first kappa shape index (κ1) is 14.2. The van der Waals surface area contributed by atoms with Crippen molar-refractivity contribution in [3.63, 3.8) is 0 Å². The first-order valence-electron chi connectivity index (χ1n) is 6.38. The number of nitro groups is 1. The van der Waals surface area contributed by atoms with Crippen LogP contribution in [0.1, 0.15) is 25.3 Å². The summed E-state index contributed by atoms with van der Waals surface area (Å²) in [5.74, 6) is 0. The van der Waals surface area contributed by atoms with Gasteiger partial charge in [0.2, 0.25) is 0 Å². The Bertz CT molecular complexity index is 461. The molecule has 0 radical (unpaired) electrons. The number of nitrogens with one attached hydrogen (secondary N) is 1. The van der Waals surface area contributed by atoms with E-state index >= 15 is 0 Å². The van der Waals surface area contributed by atoms with Crippen LogP contribution >= 0.6 is 11.6 Å². The Kier molecular flexibility index (Phi) is 4.74. The average molecular weight is 285 g/mol. The predicted octanol–water partition coefficient (Wildman–Crippen LogP) is 2.91. The van der Waals surface area contributed by atoms with E-state index in [0.29, 0.717) is 29.3 Å². The van der Waals surface area contributed by atoms with Crippen molar-refractivity contribution in [2.75, 3.05) is 6.61 Å². The van der Waals surface area contributed by atoms with Crippen LogP contribution in [0.15, 0.2) is 18.2 Å². The third-order valence-electron chi connectivity index (χ3n) is 3.36. The van der Waals surface area contributed by atoms with E-state index in [1.165, 1.54) is 6.07 Å². The first-order valence-corrected chi connectivity index (χ1v) is 6.76. The molecule has 19 heavy (non-hydrogen) atoms. The molecule has 1 saturated carbocycles. The summed E-state index contributed by atoms with van der Waals surface area (Å²) in [5.41, 5.74) is 0.620. The Balaban J connectivity index is 1.92. The summed E-state index contributed by atoms with van der Waals surface area (Å²) in [6, 6.07) is 5.10. The molecule has 0 unspecified atom stereocenters. The third kappa shape index (κ3) is 3.43. The second-order valence-corrected chi connectivity index (χ2v) is 5.03. The lowest BCUT2D eigenvalue weighted by atomic mass is 9.89. The number of nitrogens with zero attached hydrogens (tertiary/aromatic N) is 1. The molecule has 0 amide bonds. The molecule has 0 spiro atoms. The van der Waals surface area contributed by atoms with Gasteiger partial charge in [-0.25, -0.2) is 0 Å². The van der Waals surface area contributed by atoms with Gasteiger partial charge in [0.1, 0.15) is 0 Å². The van der Waals surface area contributed by atoms with Gasteiger partial charge in [0.15, 0.2) is 0 Å². The minimum absolute atomic E-state index is 0.0701. The highest BCUT2D eigenvalue weighted by Crippen LogP contribution is 2.28. The summed E-state index contributed by atoms with van der Waals surface area (Å²) in [6.07, 6.45) is 2.22. The molecule has 2 rings (SSSR count). The lowest BCUT2D eigenvalue weighted by Gasteiger charge is -2.35. The summed E-state index contributed by atoms with van der Waals surface area (Å²) in [7, 11) is 0. The Hall–Kier alpha value is -1.17. The summed E-state index contributed by atoms with van der Waals surface area (Å²) in [4.78, 5) is 10.5. The highest BCUT2D eigenvalue weighted by molar-refractivity contribution is 6.31. The van der Waals surface area contributed by atoms with Crippen molar-refractivity contribution in [1.29, 1.82) is 0 Å². The van der Waals surface area contributed by atoms with Crippen LogP contribution in [0.2, 0.25) is 5.02 Å². The van der Waals surface area contributed by atoms with E-state index in [1.807, 2.05) is 6.92 Å². The van der Waals surface area contributed by atoms with Crippen molar-refractivity contribution in [3.05, 3.63) is 38.9 Å². The molecule has 6 heteroatoms. The molecule has 0 heterocycles. The number of hydrogen-bond donors (Lipinski definition) is 1. The smallest absolute Gasteiger partial charge is 0.275 e. The fraction of sp³-hybridized carbons (Fsp3) is 0.538. The van der Waals surface area contributed by atoms with Gasteiger partial charge < -0.3 is 10.1 Å². The highest BCUT2D eigenvalue weighted by Gasteiger charge is 2.29. The van der Waals surface area contributed by atoms with E-state index in [4.69, 9.17) is 16.3 Å². The van der Waals surface area contributed by atoms with E-state index in [2.05, 4.69) is 5.32 Å². The van der Waals surface area contributed by atoms with Crippen molar-refractivity contribution in [2.24, 2.45) is 0 Å². The largest absolute Gasteiger partial charge is 0.378 e. The average Bonchev–Trinajstić information content (AvgIpc) is 2.32. The molecule has 0 bridgehead atoms. The van der Waals surface area contributed by atoms with Crippen molar-refractivity contribution in [2.45, 2.75) is 38.5 Å².